The first kappa shape index (κ1) is 25.2. The molecule has 176 valence electrons. The van der Waals surface area contributed by atoms with Gasteiger partial charge in [0.25, 0.3) is 10.0 Å². The van der Waals surface area contributed by atoms with Gasteiger partial charge in [0.05, 0.1) is 12.5 Å². The largest absolute Gasteiger partial charge is 0.354 e. The van der Waals surface area contributed by atoms with E-state index >= 15 is 0 Å². The minimum Gasteiger partial charge on any atom is -0.354 e. The molecule has 1 aromatic carbocycles. The number of likely N-dealkylation sites (N-methyl/N-ethyl adjacent to an activating group) is 1. The van der Waals surface area contributed by atoms with E-state index in [0.717, 1.165) is 42.8 Å². The van der Waals surface area contributed by atoms with Crippen molar-refractivity contribution in [1.29, 1.82) is 0 Å². The fourth-order valence-electron chi connectivity index (χ4n) is 4.10. The average Bonchev–Trinajstić information content (AvgIpc) is 3.27. The van der Waals surface area contributed by atoms with Crippen LogP contribution in [0.5, 0.6) is 0 Å². The maximum Gasteiger partial charge on any atom is 0.252 e. The van der Waals surface area contributed by atoms with Gasteiger partial charge in [-0.1, -0.05) is 50.1 Å². The van der Waals surface area contributed by atoms with Crippen molar-refractivity contribution >= 4 is 38.9 Å². The van der Waals surface area contributed by atoms with Gasteiger partial charge in [0.15, 0.2) is 0 Å². The molecule has 3 rings (SSSR count). The van der Waals surface area contributed by atoms with E-state index in [1.165, 1.54) is 11.3 Å². The normalized spacial score (nSPS) is 16.2. The van der Waals surface area contributed by atoms with Crippen LogP contribution in [-0.4, -0.2) is 56.3 Å². The molecular formula is C23H32ClN3O3S2. The molecule has 1 unspecified atom stereocenters. The second-order valence-electron chi connectivity index (χ2n) is 7.92. The molecule has 6 nitrogen and oxygen atoms in total. The third kappa shape index (κ3) is 6.11. The lowest BCUT2D eigenvalue weighted by Gasteiger charge is -2.30. The Kier molecular flexibility index (Phi) is 9.13. The van der Waals surface area contributed by atoms with E-state index in [0.29, 0.717) is 28.9 Å². The molecule has 1 aromatic heterocycles. The van der Waals surface area contributed by atoms with Gasteiger partial charge in [-0.25, -0.2) is 8.42 Å². The van der Waals surface area contributed by atoms with Crippen molar-refractivity contribution in [3.63, 3.8) is 0 Å². The number of thiophene rings is 1. The molecular weight excluding hydrogens is 466 g/mol. The van der Waals surface area contributed by atoms with Crippen molar-refractivity contribution in [2.24, 2.45) is 0 Å². The van der Waals surface area contributed by atoms with E-state index in [4.69, 9.17) is 11.6 Å². The second kappa shape index (κ2) is 11.6. The topological polar surface area (TPSA) is 69.7 Å². The predicted molar refractivity (Wildman–Crippen MR) is 131 cm³/mol. The molecule has 1 saturated heterocycles. The monoisotopic (exact) mass is 497 g/mol. The summed E-state index contributed by atoms with van der Waals surface area (Å²) in [4.78, 5) is 15.7. The van der Waals surface area contributed by atoms with Crippen LogP contribution >= 0.6 is 22.9 Å². The molecule has 2 heterocycles. The lowest BCUT2D eigenvalue weighted by atomic mass is 10.0. The quantitative estimate of drug-likeness (QED) is 0.530. The number of halogens is 1. The highest BCUT2D eigenvalue weighted by Crippen LogP contribution is 2.28. The van der Waals surface area contributed by atoms with Gasteiger partial charge >= 0.3 is 0 Å². The number of carbonyl (C=O) groups is 1. The Morgan fingerprint density at radius 3 is 2.47 bits per heavy atom. The van der Waals surface area contributed by atoms with E-state index in [2.05, 4.69) is 24.1 Å². The predicted octanol–water partition coefficient (Wildman–Crippen LogP) is 4.32. The highest BCUT2D eigenvalue weighted by atomic mass is 35.5. The van der Waals surface area contributed by atoms with E-state index in [1.54, 1.807) is 16.4 Å². The summed E-state index contributed by atoms with van der Waals surface area (Å²) in [7, 11) is -3.46. The van der Waals surface area contributed by atoms with Crippen molar-refractivity contribution in [2.75, 3.05) is 32.7 Å². The molecule has 1 amide bonds. The van der Waals surface area contributed by atoms with Crippen LogP contribution in [0, 0.1) is 0 Å². The lowest BCUT2D eigenvalue weighted by Crippen LogP contribution is -2.38. The molecule has 1 aliphatic rings. The summed E-state index contributed by atoms with van der Waals surface area (Å²) >= 11 is 7.62. The van der Waals surface area contributed by atoms with Crippen molar-refractivity contribution in [2.45, 2.75) is 49.8 Å². The first-order valence-corrected chi connectivity index (χ1v) is 13.8. The Labute approximate surface area is 200 Å². The van der Waals surface area contributed by atoms with E-state index in [9.17, 15) is 13.2 Å². The fraction of sp³-hybridized carbons (Fsp3) is 0.522. The summed E-state index contributed by atoms with van der Waals surface area (Å²) in [6.45, 7) is 7.44. The van der Waals surface area contributed by atoms with Gasteiger partial charge in [0.2, 0.25) is 5.91 Å². The zero-order valence-corrected chi connectivity index (χ0v) is 21.1. The number of piperidine rings is 1. The minimum absolute atomic E-state index is 0.0268. The Balaban J connectivity index is 1.64. The summed E-state index contributed by atoms with van der Waals surface area (Å²) in [5.74, 6) is -0.127. The highest BCUT2D eigenvalue weighted by molar-refractivity contribution is 7.91. The first-order valence-electron chi connectivity index (χ1n) is 11.2. The molecule has 9 heteroatoms. The van der Waals surface area contributed by atoms with Gasteiger partial charge in [-0.05, 0) is 49.7 Å². The van der Waals surface area contributed by atoms with Crippen LogP contribution in [-0.2, 0) is 21.2 Å². The van der Waals surface area contributed by atoms with Crippen LogP contribution in [0.3, 0.4) is 0 Å². The first-order chi connectivity index (χ1) is 15.4. The molecule has 0 saturated carbocycles. The average molecular weight is 498 g/mol. The molecule has 0 spiro atoms. The number of nitrogens with zero attached hydrogens (tertiary/aromatic N) is 2. The van der Waals surface area contributed by atoms with Crippen LogP contribution in [0.25, 0.3) is 0 Å². The molecule has 2 aromatic rings. The van der Waals surface area contributed by atoms with Crippen molar-refractivity contribution in [3.8, 4) is 0 Å². The van der Waals surface area contributed by atoms with E-state index in [1.807, 2.05) is 24.3 Å². The standard InChI is InChI=1S/C23H32ClN3O3S2/c1-3-26(4-2)21(19-10-6-7-11-20(19)24)17-25-22(28)16-18-12-13-23(31-18)32(29,30)27-14-8-5-9-15-27/h6-7,10-13,21H,3-5,8-9,14-17H2,1-2H3,(H,25,28). The number of amides is 1. The van der Waals surface area contributed by atoms with Gasteiger partial charge < -0.3 is 5.32 Å². The van der Waals surface area contributed by atoms with Crippen LogP contribution in [0.1, 0.15) is 49.6 Å². The molecule has 0 radical (unpaired) electrons. The summed E-state index contributed by atoms with van der Waals surface area (Å²) in [5.41, 5.74) is 0.990. The zero-order chi connectivity index (χ0) is 23.1. The van der Waals surface area contributed by atoms with Crippen LogP contribution in [0.15, 0.2) is 40.6 Å². The summed E-state index contributed by atoms with van der Waals surface area (Å²) in [5, 5.41) is 3.71. The summed E-state index contributed by atoms with van der Waals surface area (Å²) in [6, 6.07) is 11.1. The van der Waals surface area contributed by atoms with Crippen LogP contribution in [0.2, 0.25) is 5.02 Å². The SMILES string of the molecule is CCN(CC)C(CNC(=O)Cc1ccc(S(=O)(=O)N2CCCCC2)s1)c1ccccc1Cl. The zero-order valence-electron chi connectivity index (χ0n) is 18.7. The third-order valence-corrected chi connectivity index (χ3v) is 9.69. The maximum atomic E-state index is 12.8. The van der Waals surface area contributed by atoms with E-state index in [-0.39, 0.29) is 18.4 Å². The van der Waals surface area contributed by atoms with Gasteiger partial charge in [0.1, 0.15) is 4.21 Å². The van der Waals surface area contributed by atoms with Gasteiger partial charge in [-0.2, -0.15) is 4.31 Å². The molecule has 1 atom stereocenters. The number of carbonyl (C=O) groups excluding carboxylic acids is 1. The number of nitrogens with one attached hydrogen (secondary N) is 1. The molecule has 1 aliphatic heterocycles. The summed E-state index contributed by atoms with van der Waals surface area (Å²) < 4.78 is 27.6. The third-order valence-electron chi connectivity index (χ3n) is 5.89. The number of hydrogen-bond donors (Lipinski definition) is 1. The van der Waals surface area contributed by atoms with Crippen molar-refractivity contribution in [1.82, 2.24) is 14.5 Å². The molecule has 0 aliphatic carbocycles. The molecule has 32 heavy (non-hydrogen) atoms. The van der Waals surface area contributed by atoms with Crippen molar-refractivity contribution < 1.29 is 13.2 Å². The Hall–Kier alpha value is -1.45. The van der Waals surface area contributed by atoms with E-state index < -0.39 is 10.0 Å². The van der Waals surface area contributed by atoms with Gasteiger partial charge in [-0.3, -0.25) is 9.69 Å². The summed E-state index contributed by atoms with van der Waals surface area (Å²) in [6.07, 6.45) is 3.04. The Morgan fingerprint density at radius 1 is 1.12 bits per heavy atom. The number of sulfonamides is 1. The smallest absolute Gasteiger partial charge is 0.252 e. The van der Waals surface area contributed by atoms with Crippen molar-refractivity contribution in [3.05, 3.63) is 51.9 Å². The van der Waals surface area contributed by atoms with Crippen LogP contribution in [0.4, 0.5) is 0 Å². The second-order valence-corrected chi connectivity index (χ2v) is 11.7. The van der Waals surface area contributed by atoms with Crippen LogP contribution < -0.4 is 5.32 Å². The maximum absolute atomic E-state index is 12.8. The lowest BCUT2D eigenvalue weighted by molar-refractivity contribution is -0.120. The fourth-order valence-corrected chi connectivity index (χ4v) is 7.39. The van der Waals surface area contributed by atoms with Gasteiger partial charge in [0, 0.05) is 29.5 Å². The van der Waals surface area contributed by atoms with Gasteiger partial charge in [-0.15, -0.1) is 11.3 Å². The highest BCUT2D eigenvalue weighted by Gasteiger charge is 2.27. The molecule has 1 N–H and O–H groups in total. The molecule has 1 fully saturated rings. The number of rotatable bonds is 10. The Morgan fingerprint density at radius 2 is 1.81 bits per heavy atom. The number of hydrogen-bond acceptors (Lipinski definition) is 5. The Bertz CT molecular complexity index is 999. The molecule has 0 bridgehead atoms. The number of benzene rings is 1. The minimum atomic E-state index is -3.46.